The summed E-state index contributed by atoms with van der Waals surface area (Å²) in [6.45, 7) is 8.96. The largest absolute Gasteiger partial charge is 0.462 e. The van der Waals surface area contributed by atoms with Crippen LogP contribution in [0.25, 0.3) is 0 Å². The average molecular weight is 737 g/mol. The Labute approximate surface area is 323 Å². The van der Waals surface area contributed by atoms with E-state index in [0.717, 1.165) is 70.1 Å². The van der Waals surface area contributed by atoms with E-state index in [2.05, 4.69) is 27.7 Å². The zero-order chi connectivity index (χ0) is 38.2. The Balaban J connectivity index is 4.15. The molecule has 52 heavy (non-hydrogen) atoms. The monoisotopic (exact) mass is 737 g/mol. The average Bonchev–Trinajstić information content (AvgIpc) is 3.14. The van der Waals surface area contributed by atoms with Crippen LogP contribution in [0.5, 0.6) is 0 Å². The maximum absolute atomic E-state index is 12.7. The molecule has 0 rings (SSSR count). The number of ether oxygens (including phenoxy) is 3. The molecule has 6 heteroatoms. The molecule has 308 valence electrons. The first-order valence-corrected chi connectivity index (χ1v) is 22.9. The van der Waals surface area contributed by atoms with Gasteiger partial charge in [0.1, 0.15) is 13.2 Å². The summed E-state index contributed by atoms with van der Waals surface area (Å²) in [7, 11) is 0. The molecule has 0 spiro atoms. The second-order valence-electron chi connectivity index (χ2n) is 15.9. The third kappa shape index (κ3) is 38.1. The molecule has 0 heterocycles. The standard InChI is InChI=1S/C46H88O6/c1-5-8-10-12-13-14-19-23-26-30-34-38-45(48)51-41-43(40-50-44(47)37-33-28-11-9-6-2)52-46(49)39-35-31-27-24-21-18-16-15-17-20-22-25-29-32-36-42(4)7-3/h42-43H,5-41H2,1-4H3/t42?,43-/m1/s1. The minimum absolute atomic E-state index is 0.0647. The topological polar surface area (TPSA) is 78.9 Å². The number of rotatable bonds is 41. The van der Waals surface area contributed by atoms with E-state index < -0.39 is 6.10 Å². The molecule has 0 aromatic carbocycles. The molecule has 1 unspecified atom stereocenters. The zero-order valence-electron chi connectivity index (χ0n) is 35.3. The van der Waals surface area contributed by atoms with Crippen molar-refractivity contribution < 1.29 is 28.6 Å². The summed E-state index contributed by atoms with van der Waals surface area (Å²) in [5.74, 6) is 0.0263. The predicted octanol–water partition coefficient (Wildman–Crippen LogP) is 14.3. The third-order valence-electron chi connectivity index (χ3n) is 10.7. The number of hydrogen-bond acceptors (Lipinski definition) is 6. The highest BCUT2D eigenvalue weighted by molar-refractivity contribution is 5.71. The summed E-state index contributed by atoms with van der Waals surface area (Å²) in [6.07, 6.45) is 39.7. The third-order valence-corrected chi connectivity index (χ3v) is 10.7. The molecule has 0 radical (unpaired) electrons. The van der Waals surface area contributed by atoms with Crippen molar-refractivity contribution in [1.82, 2.24) is 0 Å². The molecule has 0 saturated carbocycles. The van der Waals surface area contributed by atoms with E-state index in [9.17, 15) is 14.4 Å². The van der Waals surface area contributed by atoms with Gasteiger partial charge in [0.25, 0.3) is 0 Å². The fourth-order valence-electron chi connectivity index (χ4n) is 6.77. The lowest BCUT2D eigenvalue weighted by molar-refractivity contribution is -0.167. The molecule has 0 aromatic heterocycles. The van der Waals surface area contributed by atoms with Crippen LogP contribution in [0.4, 0.5) is 0 Å². The van der Waals surface area contributed by atoms with E-state index in [1.165, 1.54) is 141 Å². The highest BCUT2D eigenvalue weighted by atomic mass is 16.6. The maximum Gasteiger partial charge on any atom is 0.306 e. The molecule has 0 bridgehead atoms. The Kier molecular flexibility index (Phi) is 39.4. The van der Waals surface area contributed by atoms with Crippen LogP contribution in [0.2, 0.25) is 0 Å². The zero-order valence-corrected chi connectivity index (χ0v) is 35.3. The molecule has 0 amide bonds. The van der Waals surface area contributed by atoms with Crippen molar-refractivity contribution >= 4 is 17.9 Å². The van der Waals surface area contributed by atoms with Crippen molar-refractivity contribution in [2.75, 3.05) is 13.2 Å². The van der Waals surface area contributed by atoms with E-state index >= 15 is 0 Å². The molecule has 6 nitrogen and oxygen atoms in total. The van der Waals surface area contributed by atoms with Gasteiger partial charge in [0.05, 0.1) is 0 Å². The second-order valence-corrected chi connectivity index (χ2v) is 15.9. The van der Waals surface area contributed by atoms with Gasteiger partial charge >= 0.3 is 17.9 Å². The van der Waals surface area contributed by atoms with Crippen LogP contribution in [-0.2, 0) is 28.6 Å². The number of carbonyl (C=O) groups excluding carboxylic acids is 3. The minimum Gasteiger partial charge on any atom is -0.462 e. The van der Waals surface area contributed by atoms with Gasteiger partial charge in [0, 0.05) is 19.3 Å². The fourth-order valence-corrected chi connectivity index (χ4v) is 6.77. The van der Waals surface area contributed by atoms with E-state index in [4.69, 9.17) is 14.2 Å². The van der Waals surface area contributed by atoms with Crippen molar-refractivity contribution in [3.8, 4) is 0 Å². The van der Waals surface area contributed by atoms with E-state index in [1.54, 1.807) is 0 Å². The Morgan fingerprint density at radius 1 is 0.385 bits per heavy atom. The van der Waals surface area contributed by atoms with Gasteiger partial charge in [-0.05, 0) is 25.2 Å². The lowest BCUT2D eigenvalue weighted by Crippen LogP contribution is -2.30. The van der Waals surface area contributed by atoms with Gasteiger partial charge in [0.2, 0.25) is 0 Å². The molecule has 0 saturated heterocycles. The molecule has 0 aliphatic carbocycles. The van der Waals surface area contributed by atoms with Crippen LogP contribution in [0.3, 0.4) is 0 Å². The first kappa shape index (κ1) is 50.4. The first-order valence-electron chi connectivity index (χ1n) is 22.9. The molecule has 0 N–H and O–H groups in total. The Bertz CT molecular complexity index is 783. The predicted molar refractivity (Wildman–Crippen MR) is 220 cm³/mol. The summed E-state index contributed by atoms with van der Waals surface area (Å²) in [4.78, 5) is 37.4. The van der Waals surface area contributed by atoms with Gasteiger partial charge in [0.15, 0.2) is 6.10 Å². The number of esters is 3. The normalized spacial score (nSPS) is 12.5. The first-order chi connectivity index (χ1) is 25.4. The molecule has 0 aliphatic heterocycles. The van der Waals surface area contributed by atoms with E-state index in [-0.39, 0.29) is 31.1 Å². The molecular formula is C46H88O6. The summed E-state index contributed by atoms with van der Waals surface area (Å²) in [5, 5.41) is 0. The molecular weight excluding hydrogens is 648 g/mol. The van der Waals surface area contributed by atoms with Crippen molar-refractivity contribution in [3.05, 3.63) is 0 Å². The van der Waals surface area contributed by atoms with Crippen LogP contribution < -0.4 is 0 Å². The van der Waals surface area contributed by atoms with Gasteiger partial charge in [-0.2, -0.15) is 0 Å². The number of unbranched alkanes of at least 4 members (excludes halogenated alkanes) is 27. The van der Waals surface area contributed by atoms with Crippen molar-refractivity contribution in [2.24, 2.45) is 5.92 Å². The van der Waals surface area contributed by atoms with Crippen LogP contribution in [0.15, 0.2) is 0 Å². The molecule has 0 fully saturated rings. The van der Waals surface area contributed by atoms with Gasteiger partial charge in [-0.1, -0.05) is 214 Å². The second kappa shape index (κ2) is 40.6. The lowest BCUT2D eigenvalue weighted by atomic mass is 9.99. The van der Waals surface area contributed by atoms with Crippen molar-refractivity contribution in [3.63, 3.8) is 0 Å². The van der Waals surface area contributed by atoms with Gasteiger partial charge < -0.3 is 14.2 Å². The van der Waals surface area contributed by atoms with Gasteiger partial charge in [-0.3, -0.25) is 14.4 Å². The minimum atomic E-state index is -0.757. The van der Waals surface area contributed by atoms with E-state index in [1.807, 2.05) is 0 Å². The van der Waals surface area contributed by atoms with Crippen molar-refractivity contribution in [2.45, 2.75) is 259 Å². The summed E-state index contributed by atoms with van der Waals surface area (Å²) in [5.41, 5.74) is 0. The van der Waals surface area contributed by atoms with Crippen molar-refractivity contribution in [1.29, 1.82) is 0 Å². The van der Waals surface area contributed by atoms with Gasteiger partial charge in [-0.15, -0.1) is 0 Å². The quantitative estimate of drug-likeness (QED) is 0.0353. The van der Waals surface area contributed by atoms with E-state index in [0.29, 0.717) is 19.3 Å². The summed E-state index contributed by atoms with van der Waals surface area (Å²) in [6, 6.07) is 0. The number of carbonyl (C=O) groups is 3. The van der Waals surface area contributed by atoms with Crippen LogP contribution in [0.1, 0.15) is 252 Å². The van der Waals surface area contributed by atoms with Crippen LogP contribution >= 0.6 is 0 Å². The highest BCUT2D eigenvalue weighted by Gasteiger charge is 2.19. The maximum atomic E-state index is 12.7. The van der Waals surface area contributed by atoms with Crippen LogP contribution in [0, 0.1) is 5.92 Å². The SMILES string of the molecule is CCCCCCCCCCCCCC(=O)OC[C@@H](COC(=O)CCCCCCC)OC(=O)CCCCCCCCCCCCCCCCC(C)CC. The van der Waals surface area contributed by atoms with Crippen LogP contribution in [-0.4, -0.2) is 37.2 Å². The Morgan fingerprint density at radius 3 is 1.00 bits per heavy atom. The molecule has 2 atom stereocenters. The molecule has 0 aliphatic rings. The number of hydrogen-bond donors (Lipinski definition) is 0. The van der Waals surface area contributed by atoms with Gasteiger partial charge in [-0.25, -0.2) is 0 Å². The lowest BCUT2D eigenvalue weighted by Gasteiger charge is -2.18. The summed E-state index contributed by atoms with van der Waals surface area (Å²) >= 11 is 0. The smallest absolute Gasteiger partial charge is 0.306 e. The fraction of sp³-hybridized carbons (Fsp3) is 0.935. The Hall–Kier alpha value is -1.59. The molecule has 0 aromatic rings. The highest BCUT2D eigenvalue weighted by Crippen LogP contribution is 2.17. The Morgan fingerprint density at radius 2 is 0.673 bits per heavy atom. The summed E-state index contributed by atoms with van der Waals surface area (Å²) < 4.78 is 16.6.